The van der Waals surface area contributed by atoms with Gasteiger partial charge in [-0.25, -0.2) is 14.8 Å². The molecule has 168 valence electrons. The highest BCUT2D eigenvalue weighted by Gasteiger charge is 2.21. The number of thiophene rings is 1. The van der Waals surface area contributed by atoms with Crippen molar-refractivity contribution in [1.29, 1.82) is 0 Å². The van der Waals surface area contributed by atoms with E-state index in [9.17, 15) is 9.59 Å². The van der Waals surface area contributed by atoms with Crippen molar-refractivity contribution in [3.8, 4) is 9.88 Å². The van der Waals surface area contributed by atoms with Crippen LogP contribution in [-0.2, 0) is 16.0 Å². The lowest BCUT2D eigenvalue weighted by molar-refractivity contribution is -0.130. The Kier molecular flexibility index (Phi) is 7.39. The van der Waals surface area contributed by atoms with Gasteiger partial charge in [-0.15, -0.1) is 22.7 Å². The first-order chi connectivity index (χ1) is 15.5. The summed E-state index contributed by atoms with van der Waals surface area (Å²) >= 11 is 9.03. The van der Waals surface area contributed by atoms with Gasteiger partial charge in [0.15, 0.2) is 0 Å². The van der Waals surface area contributed by atoms with Gasteiger partial charge in [-0.3, -0.25) is 4.79 Å². The number of carbonyl (C=O) groups is 2. The number of pyridine rings is 1. The molecule has 1 aliphatic rings. The van der Waals surface area contributed by atoms with E-state index in [4.69, 9.17) is 16.3 Å². The number of anilines is 1. The van der Waals surface area contributed by atoms with Crippen molar-refractivity contribution in [1.82, 2.24) is 14.9 Å². The van der Waals surface area contributed by atoms with Crippen molar-refractivity contribution in [2.45, 2.75) is 19.8 Å². The topological polar surface area (TPSA) is 75.6 Å². The molecule has 0 saturated carbocycles. The van der Waals surface area contributed by atoms with Gasteiger partial charge >= 0.3 is 5.97 Å². The Morgan fingerprint density at radius 2 is 2.03 bits per heavy atom. The largest absolute Gasteiger partial charge is 0.462 e. The molecule has 1 fully saturated rings. The van der Waals surface area contributed by atoms with Gasteiger partial charge < -0.3 is 14.5 Å². The van der Waals surface area contributed by atoms with Gasteiger partial charge in [0.1, 0.15) is 10.8 Å². The molecule has 3 aromatic rings. The SMILES string of the molecule is CCOC(=O)c1ccc(N2CCCN(C(=O)Cc3csc(-c4ccc(Cl)s4)n3)CC2)nc1. The number of ether oxygens (including phenoxy) is 1. The van der Waals surface area contributed by atoms with E-state index in [1.165, 1.54) is 22.7 Å². The van der Waals surface area contributed by atoms with E-state index in [0.717, 1.165) is 38.7 Å². The van der Waals surface area contributed by atoms with Gasteiger partial charge in [0.05, 0.1) is 33.5 Å². The van der Waals surface area contributed by atoms with Crippen LogP contribution in [0.25, 0.3) is 9.88 Å². The number of nitrogens with zero attached hydrogens (tertiary/aromatic N) is 4. The summed E-state index contributed by atoms with van der Waals surface area (Å²) in [6, 6.07) is 7.37. The fourth-order valence-corrected chi connectivity index (χ4v) is 5.44. The summed E-state index contributed by atoms with van der Waals surface area (Å²) < 4.78 is 5.73. The first-order valence-electron chi connectivity index (χ1n) is 10.4. The van der Waals surface area contributed by atoms with Crippen molar-refractivity contribution in [3.05, 3.63) is 51.4 Å². The average Bonchev–Trinajstić information content (AvgIpc) is 3.35. The smallest absolute Gasteiger partial charge is 0.339 e. The average molecular weight is 491 g/mol. The van der Waals surface area contributed by atoms with E-state index in [0.29, 0.717) is 38.2 Å². The number of amides is 1. The third-order valence-electron chi connectivity index (χ3n) is 5.10. The van der Waals surface area contributed by atoms with Crippen LogP contribution in [0.15, 0.2) is 35.8 Å². The third kappa shape index (κ3) is 5.46. The van der Waals surface area contributed by atoms with Crippen LogP contribution in [0.4, 0.5) is 5.82 Å². The lowest BCUT2D eigenvalue weighted by atomic mass is 10.2. The molecule has 0 radical (unpaired) electrons. The molecule has 32 heavy (non-hydrogen) atoms. The summed E-state index contributed by atoms with van der Waals surface area (Å²) in [5, 5.41) is 2.84. The zero-order chi connectivity index (χ0) is 22.5. The summed E-state index contributed by atoms with van der Waals surface area (Å²) in [6.45, 7) is 4.92. The molecule has 0 spiro atoms. The van der Waals surface area contributed by atoms with Crippen molar-refractivity contribution in [3.63, 3.8) is 0 Å². The normalized spacial score (nSPS) is 14.3. The molecule has 10 heteroatoms. The summed E-state index contributed by atoms with van der Waals surface area (Å²) in [6.07, 6.45) is 2.69. The second kappa shape index (κ2) is 10.4. The Hall–Kier alpha value is -2.49. The molecule has 1 aliphatic heterocycles. The molecular weight excluding hydrogens is 468 g/mol. The molecule has 1 amide bonds. The molecule has 0 aromatic carbocycles. The van der Waals surface area contributed by atoms with Crippen molar-refractivity contribution in [2.75, 3.05) is 37.7 Å². The Morgan fingerprint density at radius 3 is 2.75 bits per heavy atom. The van der Waals surface area contributed by atoms with Gasteiger partial charge in [-0.1, -0.05) is 11.6 Å². The van der Waals surface area contributed by atoms with E-state index in [1.807, 2.05) is 28.5 Å². The molecule has 7 nitrogen and oxygen atoms in total. The maximum atomic E-state index is 12.9. The van der Waals surface area contributed by atoms with Crippen LogP contribution >= 0.6 is 34.3 Å². The van der Waals surface area contributed by atoms with Gasteiger partial charge in [0, 0.05) is 37.8 Å². The van der Waals surface area contributed by atoms with E-state index < -0.39 is 0 Å². The first-order valence-corrected chi connectivity index (χ1v) is 12.5. The molecule has 1 saturated heterocycles. The zero-order valence-corrected chi connectivity index (χ0v) is 20.0. The van der Waals surface area contributed by atoms with Gasteiger partial charge in [-0.05, 0) is 37.6 Å². The predicted octanol–water partition coefficient (Wildman–Crippen LogP) is 4.38. The first kappa shape index (κ1) is 22.7. The summed E-state index contributed by atoms with van der Waals surface area (Å²) in [7, 11) is 0. The maximum absolute atomic E-state index is 12.9. The van der Waals surface area contributed by atoms with Crippen LogP contribution in [0.5, 0.6) is 0 Å². The minimum atomic E-state index is -0.369. The summed E-state index contributed by atoms with van der Waals surface area (Å²) in [4.78, 5) is 38.8. The van der Waals surface area contributed by atoms with E-state index >= 15 is 0 Å². The highest BCUT2D eigenvalue weighted by atomic mass is 35.5. The minimum Gasteiger partial charge on any atom is -0.462 e. The van der Waals surface area contributed by atoms with Crippen LogP contribution in [0.2, 0.25) is 4.34 Å². The number of thiazole rings is 1. The molecule has 0 aliphatic carbocycles. The second-order valence-corrected chi connectivity index (χ2v) is 9.84. The van der Waals surface area contributed by atoms with E-state index in [1.54, 1.807) is 19.2 Å². The standard InChI is InChI=1S/C22H23ClN4O3S2/c1-2-30-22(29)15-4-7-19(24-13-15)26-8-3-9-27(11-10-26)20(28)12-16-14-31-21(25-16)17-5-6-18(23)32-17/h4-7,13-14H,2-3,8-12H2,1H3. The number of esters is 1. The number of rotatable bonds is 6. The van der Waals surface area contributed by atoms with Crippen LogP contribution in [-0.4, -0.2) is 59.5 Å². The molecule has 0 unspecified atom stereocenters. The molecule has 0 bridgehead atoms. The number of hydrogen-bond acceptors (Lipinski definition) is 8. The highest BCUT2D eigenvalue weighted by Crippen LogP contribution is 2.33. The number of hydrogen-bond donors (Lipinski definition) is 0. The predicted molar refractivity (Wildman–Crippen MR) is 128 cm³/mol. The molecule has 0 atom stereocenters. The van der Waals surface area contributed by atoms with Crippen molar-refractivity contribution < 1.29 is 14.3 Å². The second-order valence-electron chi connectivity index (χ2n) is 7.27. The number of halogens is 1. The lowest BCUT2D eigenvalue weighted by Crippen LogP contribution is -2.36. The van der Waals surface area contributed by atoms with Crippen molar-refractivity contribution in [2.24, 2.45) is 0 Å². The van der Waals surface area contributed by atoms with Crippen LogP contribution < -0.4 is 4.90 Å². The molecular formula is C22H23ClN4O3S2. The van der Waals surface area contributed by atoms with Crippen LogP contribution in [0.1, 0.15) is 29.4 Å². The number of aromatic nitrogens is 2. The third-order valence-corrected chi connectivity index (χ3v) is 7.39. The molecule has 4 heterocycles. The van der Waals surface area contributed by atoms with E-state index in [2.05, 4.69) is 14.9 Å². The Bertz CT molecular complexity index is 1080. The zero-order valence-electron chi connectivity index (χ0n) is 17.6. The quantitative estimate of drug-likeness (QED) is 0.477. The van der Waals surface area contributed by atoms with Crippen LogP contribution in [0.3, 0.4) is 0 Å². The summed E-state index contributed by atoms with van der Waals surface area (Å²) in [5.74, 6) is 0.510. The molecule has 4 rings (SSSR count). The fourth-order valence-electron chi connectivity index (χ4n) is 3.50. The number of carbonyl (C=O) groups excluding carboxylic acids is 2. The maximum Gasteiger partial charge on any atom is 0.339 e. The molecule has 3 aromatic heterocycles. The Labute approximate surface area is 199 Å². The van der Waals surface area contributed by atoms with Crippen LogP contribution in [0, 0.1) is 0 Å². The van der Waals surface area contributed by atoms with Crippen molar-refractivity contribution >= 4 is 52.0 Å². The van der Waals surface area contributed by atoms with Gasteiger partial charge in [0.2, 0.25) is 5.91 Å². The van der Waals surface area contributed by atoms with Gasteiger partial charge in [0.25, 0.3) is 0 Å². The monoisotopic (exact) mass is 490 g/mol. The Morgan fingerprint density at radius 1 is 1.16 bits per heavy atom. The molecule has 0 N–H and O–H groups in total. The lowest BCUT2D eigenvalue weighted by Gasteiger charge is -2.22. The van der Waals surface area contributed by atoms with E-state index in [-0.39, 0.29) is 11.9 Å². The van der Waals surface area contributed by atoms with Gasteiger partial charge in [-0.2, -0.15) is 0 Å². The fraction of sp³-hybridized carbons (Fsp3) is 0.364. The minimum absolute atomic E-state index is 0.0820. The highest BCUT2D eigenvalue weighted by molar-refractivity contribution is 7.23. The summed E-state index contributed by atoms with van der Waals surface area (Å²) in [5.41, 5.74) is 1.23. The Balaban J connectivity index is 1.33.